The van der Waals surface area contributed by atoms with Crippen LogP contribution in [0, 0.1) is 0 Å². The summed E-state index contributed by atoms with van der Waals surface area (Å²) in [5.41, 5.74) is 6.48. The summed E-state index contributed by atoms with van der Waals surface area (Å²) in [5.74, 6) is 0. The summed E-state index contributed by atoms with van der Waals surface area (Å²) in [6, 6.07) is 0. The van der Waals surface area contributed by atoms with Crippen molar-refractivity contribution >= 4 is 0 Å². The van der Waals surface area contributed by atoms with Crippen LogP contribution >= 0.6 is 0 Å². The molecule has 1 aliphatic carbocycles. The molecule has 0 bridgehead atoms. The second-order valence-electron chi connectivity index (χ2n) is 6.37. The molecule has 2 aliphatic rings. The average Bonchev–Trinajstić information content (AvgIpc) is 2.90. The minimum Gasteiger partial charge on any atom is -0.377 e. The molecule has 1 aliphatic heterocycles. The van der Waals surface area contributed by atoms with Crippen LogP contribution in [0.2, 0.25) is 0 Å². The van der Waals surface area contributed by atoms with E-state index in [2.05, 4.69) is 11.8 Å². The van der Waals surface area contributed by atoms with Crippen LogP contribution in [-0.2, 0) is 4.74 Å². The summed E-state index contributed by atoms with van der Waals surface area (Å²) in [7, 11) is 0. The van der Waals surface area contributed by atoms with Gasteiger partial charge in [0, 0.05) is 25.2 Å². The van der Waals surface area contributed by atoms with Gasteiger partial charge in [0.1, 0.15) is 0 Å². The largest absolute Gasteiger partial charge is 0.377 e. The van der Waals surface area contributed by atoms with E-state index in [-0.39, 0.29) is 5.54 Å². The Morgan fingerprint density at radius 3 is 2.32 bits per heavy atom. The molecular formula is C16H32N2O. The van der Waals surface area contributed by atoms with E-state index in [1.54, 1.807) is 0 Å². The van der Waals surface area contributed by atoms with Gasteiger partial charge in [-0.25, -0.2) is 0 Å². The minimum atomic E-state index is 0.251. The predicted octanol–water partition coefficient (Wildman–Crippen LogP) is 2.93. The standard InChI is InChI=1S/C16H32N2O/c1-2-18(13-15-9-8-12-19-15)16(14-17)10-6-4-3-5-7-11-16/h15H,2-14,17H2,1H3. The maximum Gasteiger partial charge on any atom is 0.0703 e. The van der Waals surface area contributed by atoms with Gasteiger partial charge >= 0.3 is 0 Å². The lowest BCUT2D eigenvalue weighted by Crippen LogP contribution is -2.56. The van der Waals surface area contributed by atoms with Gasteiger partial charge in [-0.3, -0.25) is 4.90 Å². The molecule has 112 valence electrons. The number of hydrogen-bond donors (Lipinski definition) is 1. The van der Waals surface area contributed by atoms with Gasteiger partial charge in [0.15, 0.2) is 0 Å². The lowest BCUT2D eigenvalue weighted by atomic mass is 9.82. The van der Waals surface area contributed by atoms with Crippen molar-refractivity contribution in [3.63, 3.8) is 0 Å². The first-order chi connectivity index (χ1) is 9.30. The van der Waals surface area contributed by atoms with Crippen LogP contribution < -0.4 is 5.73 Å². The highest BCUT2D eigenvalue weighted by Gasteiger charge is 2.36. The summed E-state index contributed by atoms with van der Waals surface area (Å²) < 4.78 is 5.84. The fraction of sp³-hybridized carbons (Fsp3) is 1.00. The monoisotopic (exact) mass is 268 g/mol. The van der Waals surface area contributed by atoms with E-state index in [4.69, 9.17) is 10.5 Å². The van der Waals surface area contributed by atoms with Crippen molar-refractivity contribution in [1.29, 1.82) is 0 Å². The molecule has 1 atom stereocenters. The van der Waals surface area contributed by atoms with Crippen molar-refractivity contribution in [3.8, 4) is 0 Å². The zero-order valence-corrected chi connectivity index (χ0v) is 12.7. The van der Waals surface area contributed by atoms with Gasteiger partial charge in [0.2, 0.25) is 0 Å². The molecule has 1 unspecified atom stereocenters. The Kier molecular flexibility index (Phi) is 6.11. The van der Waals surface area contributed by atoms with Gasteiger partial charge < -0.3 is 10.5 Å². The van der Waals surface area contributed by atoms with E-state index in [1.165, 1.54) is 57.8 Å². The van der Waals surface area contributed by atoms with Crippen molar-refractivity contribution in [2.24, 2.45) is 5.73 Å². The van der Waals surface area contributed by atoms with Gasteiger partial charge in [-0.05, 0) is 32.2 Å². The fourth-order valence-electron chi connectivity index (χ4n) is 3.91. The Balaban J connectivity index is 2.00. The molecule has 0 aromatic heterocycles. The summed E-state index contributed by atoms with van der Waals surface area (Å²) in [6.07, 6.45) is 12.4. The molecule has 0 aromatic rings. The van der Waals surface area contributed by atoms with E-state index in [0.29, 0.717) is 6.10 Å². The first-order valence-electron chi connectivity index (χ1n) is 8.37. The van der Waals surface area contributed by atoms with Crippen LogP contribution in [0.3, 0.4) is 0 Å². The molecule has 0 aromatic carbocycles. The highest BCUT2D eigenvalue weighted by atomic mass is 16.5. The molecule has 0 amide bonds. The van der Waals surface area contributed by atoms with Crippen molar-refractivity contribution in [3.05, 3.63) is 0 Å². The van der Waals surface area contributed by atoms with Crippen LogP contribution in [0.15, 0.2) is 0 Å². The molecule has 19 heavy (non-hydrogen) atoms. The molecule has 1 saturated heterocycles. The molecule has 0 radical (unpaired) electrons. The zero-order chi connectivity index (χ0) is 13.6. The fourth-order valence-corrected chi connectivity index (χ4v) is 3.91. The van der Waals surface area contributed by atoms with Crippen LogP contribution in [0.25, 0.3) is 0 Å². The molecule has 1 saturated carbocycles. The Morgan fingerprint density at radius 2 is 1.79 bits per heavy atom. The molecule has 3 nitrogen and oxygen atoms in total. The van der Waals surface area contributed by atoms with Crippen molar-refractivity contribution in [1.82, 2.24) is 4.90 Å². The number of ether oxygens (including phenoxy) is 1. The Morgan fingerprint density at radius 1 is 1.11 bits per heavy atom. The quantitative estimate of drug-likeness (QED) is 0.833. The Bertz CT molecular complexity index is 243. The van der Waals surface area contributed by atoms with E-state index >= 15 is 0 Å². The first kappa shape index (κ1) is 15.3. The third-order valence-electron chi connectivity index (χ3n) is 5.16. The Hall–Kier alpha value is -0.120. The summed E-state index contributed by atoms with van der Waals surface area (Å²) in [4.78, 5) is 2.65. The van der Waals surface area contributed by atoms with E-state index in [1.807, 2.05) is 0 Å². The molecule has 2 N–H and O–H groups in total. The highest BCUT2D eigenvalue weighted by molar-refractivity contribution is 4.93. The number of likely N-dealkylation sites (N-methyl/N-ethyl adjacent to an activating group) is 1. The van der Waals surface area contributed by atoms with Gasteiger partial charge in [-0.1, -0.05) is 39.0 Å². The average molecular weight is 268 g/mol. The second-order valence-corrected chi connectivity index (χ2v) is 6.37. The van der Waals surface area contributed by atoms with Gasteiger partial charge in [-0.15, -0.1) is 0 Å². The molecule has 1 heterocycles. The molecule has 2 rings (SSSR count). The van der Waals surface area contributed by atoms with Crippen molar-refractivity contribution in [2.75, 3.05) is 26.2 Å². The normalized spacial score (nSPS) is 28.3. The van der Waals surface area contributed by atoms with Crippen molar-refractivity contribution in [2.45, 2.75) is 76.4 Å². The lowest BCUT2D eigenvalue weighted by molar-refractivity contribution is 0.0119. The second kappa shape index (κ2) is 7.61. The van der Waals surface area contributed by atoms with Crippen LogP contribution in [0.1, 0.15) is 64.7 Å². The molecule has 0 spiro atoms. The smallest absolute Gasteiger partial charge is 0.0703 e. The lowest BCUT2D eigenvalue weighted by Gasteiger charge is -2.45. The van der Waals surface area contributed by atoms with Gasteiger partial charge in [0.25, 0.3) is 0 Å². The topological polar surface area (TPSA) is 38.5 Å². The Labute approximate surface area is 118 Å². The summed E-state index contributed by atoms with van der Waals surface area (Å²) >= 11 is 0. The maximum atomic E-state index is 6.23. The van der Waals surface area contributed by atoms with Crippen LogP contribution in [0.5, 0.6) is 0 Å². The molecule has 2 fully saturated rings. The first-order valence-corrected chi connectivity index (χ1v) is 8.37. The number of nitrogens with zero attached hydrogens (tertiary/aromatic N) is 1. The van der Waals surface area contributed by atoms with E-state index in [0.717, 1.165) is 26.2 Å². The number of nitrogens with two attached hydrogens (primary N) is 1. The van der Waals surface area contributed by atoms with Gasteiger partial charge in [-0.2, -0.15) is 0 Å². The van der Waals surface area contributed by atoms with E-state index < -0.39 is 0 Å². The summed E-state index contributed by atoms with van der Waals surface area (Å²) in [6.45, 7) is 6.25. The minimum absolute atomic E-state index is 0.251. The van der Waals surface area contributed by atoms with Gasteiger partial charge in [0.05, 0.1) is 6.10 Å². The highest BCUT2D eigenvalue weighted by Crippen LogP contribution is 2.32. The van der Waals surface area contributed by atoms with Crippen molar-refractivity contribution < 1.29 is 4.74 Å². The zero-order valence-electron chi connectivity index (χ0n) is 12.7. The maximum absolute atomic E-state index is 6.23. The van der Waals surface area contributed by atoms with Crippen LogP contribution in [-0.4, -0.2) is 42.8 Å². The third kappa shape index (κ3) is 3.93. The van der Waals surface area contributed by atoms with Crippen LogP contribution in [0.4, 0.5) is 0 Å². The third-order valence-corrected chi connectivity index (χ3v) is 5.16. The SMILES string of the molecule is CCN(CC1CCCO1)C1(CN)CCCCCCC1. The predicted molar refractivity (Wildman–Crippen MR) is 80.3 cm³/mol. The number of rotatable bonds is 5. The molecular weight excluding hydrogens is 236 g/mol. The molecule has 3 heteroatoms. The number of hydrogen-bond acceptors (Lipinski definition) is 3. The summed E-state index contributed by atoms with van der Waals surface area (Å²) in [5, 5.41) is 0. The van der Waals surface area contributed by atoms with E-state index in [9.17, 15) is 0 Å².